The minimum Gasteiger partial charge on any atom is -0.480 e. The number of hydrogen-bond donors (Lipinski definition) is 3. The average Bonchev–Trinajstić information content (AvgIpc) is 2.37. The Kier molecular flexibility index (Phi) is 5.90. The summed E-state index contributed by atoms with van der Waals surface area (Å²) in [5, 5.41) is 9.08. The lowest BCUT2D eigenvalue weighted by atomic mass is 10.1. The second kappa shape index (κ2) is 7.19. The second-order valence-corrected chi connectivity index (χ2v) is 5.22. The fraction of sp³-hybridized carbons (Fsp3) is 0.364. The van der Waals surface area contributed by atoms with Crippen LogP contribution in [0.5, 0.6) is 0 Å². The number of carbonyl (C=O) groups is 1. The van der Waals surface area contributed by atoms with Gasteiger partial charge in [-0.2, -0.15) is 17.9 Å². The van der Waals surface area contributed by atoms with Crippen LogP contribution in [0, 0.1) is 0 Å². The van der Waals surface area contributed by atoms with Gasteiger partial charge in [0.2, 0.25) is 0 Å². The number of nitrogens with one attached hydrogen (secondary N) is 2. The Bertz CT molecular complexity index is 503. The summed E-state index contributed by atoms with van der Waals surface area (Å²) in [5.74, 6) is -1.27. The standard InChI is InChI=1S/C11H16N2O5S/c1-18-8-7-12-19(16,17)13-10(11(14)15)9-5-3-2-4-6-9/h2-6,10,12-13H,7-8H2,1H3,(H,14,15)/t10-/m1/s1. The van der Waals surface area contributed by atoms with E-state index in [1.165, 1.54) is 19.2 Å². The Balaban J connectivity index is 2.77. The third-order valence-electron chi connectivity index (χ3n) is 2.25. The van der Waals surface area contributed by atoms with Crippen molar-refractivity contribution < 1.29 is 23.1 Å². The van der Waals surface area contributed by atoms with Crippen molar-refractivity contribution in [2.24, 2.45) is 0 Å². The normalized spacial score (nSPS) is 13.1. The molecule has 0 aromatic heterocycles. The molecular formula is C11H16N2O5S. The first-order valence-corrected chi connectivity index (χ1v) is 6.98. The van der Waals surface area contributed by atoms with Crippen LogP contribution >= 0.6 is 0 Å². The lowest BCUT2D eigenvalue weighted by Crippen LogP contribution is -2.42. The van der Waals surface area contributed by atoms with Crippen molar-refractivity contribution in [1.82, 2.24) is 9.44 Å². The highest BCUT2D eigenvalue weighted by molar-refractivity contribution is 7.87. The molecule has 0 radical (unpaired) electrons. The number of ether oxygens (including phenoxy) is 1. The Morgan fingerprint density at radius 1 is 1.37 bits per heavy atom. The molecule has 1 rings (SSSR count). The zero-order valence-electron chi connectivity index (χ0n) is 10.4. The minimum atomic E-state index is -3.91. The lowest BCUT2D eigenvalue weighted by Gasteiger charge is -2.15. The second-order valence-electron chi connectivity index (χ2n) is 3.69. The van der Waals surface area contributed by atoms with E-state index in [-0.39, 0.29) is 13.2 Å². The smallest absolute Gasteiger partial charge is 0.326 e. The van der Waals surface area contributed by atoms with Crippen LogP contribution in [0.3, 0.4) is 0 Å². The maximum Gasteiger partial charge on any atom is 0.326 e. The van der Waals surface area contributed by atoms with E-state index in [1.54, 1.807) is 18.2 Å². The summed E-state index contributed by atoms with van der Waals surface area (Å²) in [7, 11) is -2.47. The van der Waals surface area contributed by atoms with Gasteiger partial charge in [0.25, 0.3) is 10.2 Å². The van der Waals surface area contributed by atoms with E-state index in [4.69, 9.17) is 9.84 Å². The number of carboxylic acids is 1. The topological polar surface area (TPSA) is 105 Å². The summed E-state index contributed by atoms with van der Waals surface area (Å²) in [4.78, 5) is 11.1. The third kappa shape index (κ3) is 5.35. The van der Waals surface area contributed by atoms with Crippen molar-refractivity contribution in [2.45, 2.75) is 6.04 Å². The maximum absolute atomic E-state index is 11.7. The van der Waals surface area contributed by atoms with Gasteiger partial charge in [0.15, 0.2) is 0 Å². The molecule has 106 valence electrons. The van der Waals surface area contributed by atoms with Gasteiger partial charge in [-0.25, -0.2) is 0 Å². The van der Waals surface area contributed by atoms with Crippen LogP contribution in [0.1, 0.15) is 11.6 Å². The summed E-state index contributed by atoms with van der Waals surface area (Å²) in [6.07, 6.45) is 0. The number of carboxylic acid groups (broad SMARTS) is 1. The summed E-state index contributed by atoms with van der Waals surface area (Å²) < 4.78 is 32.3. The van der Waals surface area contributed by atoms with Crippen molar-refractivity contribution >= 4 is 16.2 Å². The van der Waals surface area contributed by atoms with Gasteiger partial charge < -0.3 is 9.84 Å². The molecule has 19 heavy (non-hydrogen) atoms. The van der Waals surface area contributed by atoms with Crippen LogP contribution < -0.4 is 9.44 Å². The predicted molar refractivity (Wildman–Crippen MR) is 68.8 cm³/mol. The number of benzene rings is 1. The molecule has 0 aliphatic heterocycles. The number of rotatable bonds is 8. The van der Waals surface area contributed by atoms with Crippen molar-refractivity contribution in [2.75, 3.05) is 20.3 Å². The molecule has 1 aromatic rings. The molecule has 0 bridgehead atoms. The zero-order chi connectivity index (χ0) is 14.3. The lowest BCUT2D eigenvalue weighted by molar-refractivity contribution is -0.139. The van der Waals surface area contributed by atoms with Gasteiger partial charge >= 0.3 is 5.97 Å². The highest BCUT2D eigenvalue weighted by Gasteiger charge is 2.25. The molecule has 0 saturated heterocycles. The van der Waals surface area contributed by atoms with Gasteiger partial charge in [-0.3, -0.25) is 4.79 Å². The highest BCUT2D eigenvalue weighted by Crippen LogP contribution is 2.13. The SMILES string of the molecule is COCCNS(=O)(=O)N[C@@H](C(=O)O)c1ccccc1. The van der Waals surface area contributed by atoms with Gasteiger partial charge in [-0.1, -0.05) is 30.3 Å². The first-order valence-electron chi connectivity index (χ1n) is 5.50. The van der Waals surface area contributed by atoms with Crippen molar-refractivity contribution in [1.29, 1.82) is 0 Å². The van der Waals surface area contributed by atoms with Gasteiger partial charge in [0.05, 0.1) is 6.61 Å². The largest absolute Gasteiger partial charge is 0.480 e. The Morgan fingerprint density at radius 2 is 2.00 bits per heavy atom. The molecule has 8 heteroatoms. The van der Waals surface area contributed by atoms with Crippen LogP contribution in [0.2, 0.25) is 0 Å². The first-order chi connectivity index (χ1) is 8.96. The van der Waals surface area contributed by atoms with E-state index in [0.717, 1.165) is 0 Å². The quantitative estimate of drug-likeness (QED) is 0.579. The molecule has 0 unspecified atom stereocenters. The Labute approximate surface area is 111 Å². The molecule has 0 fully saturated rings. The summed E-state index contributed by atoms with van der Waals surface area (Å²) in [5.41, 5.74) is 0.354. The molecule has 0 aliphatic rings. The Hall–Kier alpha value is -1.48. The van der Waals surface area contributed by atoms with Gasteiger partial charge in [-0.15, -0.1) is 0 Å². The molecule has 0 saturated carbocycles. The van der Waals surface area contributed by atoms with Gasteiger partial charge in [0, 0.05) is 13.7 Å². The maximum atomic E-state index is 11.7. The molecule has 0 aliphatic carbocycles. The van der Waals surface area contributed by atoms with E-state index in [0.29, 0.717) is 5.56 Å². The molecule has 1 aromatic carbocycles. The highest BCUT2D eigenvalue weighted by atomic mass is 32.2. The van der Waals surface area contributed by atoms with Gasteiger partial charge in [-0.05, 0) is 5.56 Å². The minimum absolute atomic E-state index is 0.0625. The van der Waals surface area contributed by atoms with E-state index in [1.807, 2.05) is 0 Å². The molecule has 0 heterocycles. The van der Waals surface area contributed by atoms with Crippen molar-refractivity contribution in [3.8, 4) is 0 Å². The summed E-state index contributed by atoms with van der Waals surface area (Å²) in [6, 6.07) is 6.73. The monoisotopic (exact) mass is 288 g/mol. The zero-order valence-corrected chi connectivity index (χ0v) is 11.2. The summed E-state index contributed by atoms with van der Waals surface area (Å²) in [6.45, 7) is 0.261. The fourth-order valence-electron chi connectivity index (χ4n) is 1.38. The summed E-state index contributed by atoms with van der Waals surface area (Å²) >= 11 is 0. The van der Waals surface area contributed by atoms with E-state index < -0.39 is 22.2 Å². The van der Waals surface area contributed by atoms with Gasteiger partial charge in [0.1, 0.15) is 6.04 Å². The number of methoxy groups -OCH3 is 1. The molecule has 0 spiro atoms. The Morgan fingerprint density at radius 3 is 2.53 bits per heavy atom. The van der Waals surface area contributed by atoms with Crippen LogP contribution in [0.4, 0.5) is 0 Å². The van der Waals surface area contributed by atoms with E-state index in [2.05, 4.69) is 9.44 Å². The molecule has 3 N–H and O–H groups in total. The molecule has 0 amide bonds. The fourth-order valence-corrected chi connectivity index (χ4v) is 2.36. The first kappa shape index (κ1) is 15.6. The van der Waals surface area contributed by atoms with Crippen LogP contribution in [-0.4, -0.2) is 39.8 Å². The van der Waals surface area contributed by atoms with Crippen LogP contribution in [-0.2, 0) is 19.7 Å². The van der Waals surface area contributed by atoms with Crippen molar-refractivity contribution in [3.63, 3.8) is 0 Å². The third-order valence-corrected chi connectivity index (χ3v) is 3.38. The average molecular weight is 288 g/mol. The molecule has 7 nitrogen and oxygen atoms in total. The van der Waals surface area contributed by atoms with E-state index >= 15 is 0 Å². The number of aliphatic carboxylic acids is 1. The molecule has 1 atom stereocenters. The van der Waals surface area contributed by atoms with E-state index in [9.17, 15) is 13.2 Å². The predicted octanol–water partition coefficient (Wildman–Crippen LogP) is -0.117. The van der Waals surface area contributed by atoms with Crippen molar-refractivity contribution in [3.05, 3.63) is 35.9 Å². The van der Waals surface area contributed by atoms with Crippen LogP contribution in [0.25, 0.3) is 0 Å². The number of hydrogen-bond acceptors (Lipinski definition) is 4. The van der Waals surface area contributed by atoms with Crippen LogP contribution in [0.15, 0.2) is 30.3 Å². The molecular weight excluding hydrogens is 272 g/mol.